The van der Waals surface area contributed by atoms with Gasteiger partial charge in [-0.15, -0.1) is 0 Å². The number of unbranched alkanes of at least 4 members (excludes halogenated alkanes) is 1. The zero-order valence-electron chi connectivity index (χ0n) is 22.9. The molecule has 206 valence electrons. The van der Waals surface area contributed by atoms with Crippen LogP contribution in [0.4, 0.5) is 5.82 Å². The predicted molar refractivity (Wildman–Crippen MR) is 155 cm³/mol. The van der Waals surface area contributed by atoms with Crippen molar-refractivity contribution in [2.75, 3.05) is 25.7 Å². The lowest BCUT2D eigenvalue weighted by atomic mass is 9.87. The topological polar surface area (TPSA) is 109 Å². The van der Waals surface area contributed by atoms with Gasteiger partial charge in [0.05, 0.1) is 17.9 Å². The Labute approximate surface area is 234 Å². The number of fused-ring (bicyclic) bond motifs is 1. The smallest absolute Gasteiger partial charge is 0.252 e. The van der Waals surface area contributed by atoms with Crippen molar-refractivity contribution in [1.29, 1.82) is 0 Å². The van der Waals surface area contributed by atoms with Gasteiger partial charge in [-0.25, -0.2) is 9.97 Å². The molecule has 3 heterocycles. The normalized spacial score (nSPS) is 12.2. The molecule has 5 rings (SSSR count). The minimum Gasteiger partial charge on any atom is -0.478 e. The van der Waals surface area contributed by atoms with E-state index in [2.05, 4.69) is 30.2 Å². The van der Waals surface area contributed by atoms with Gasteiger partial charge in [0.15, 0.2) is 11.5 Å². The highest BCUT2D eigenvalue weighted by Crippen LogP contribution is 2.37. The number of benzene rings is 2. The number of carbonyl (C=O) groups is 1. The summed E-state index contributed by atoms with van der Waals surface area (Å²) in [7, 11) is 0. The Balaban J connectivity index is 1.18. The molecule has 0 unspecified atom stereocenters. The van der Waals surface area contributed by atoms with E-state index in [1.165, 1.54) is 6.20 Å². The molecule has 40 heavy (non-hydrogen) atoms. The highest BCUT2D eigenvalue weighted by molar-refractivity contribution is 5.94. The van der Waals surface area contributed by atoms with Crippen LogP contribution in [0.5, 0.6) is 17.4 Å². The molecule has 0 atom stereocenters. The Morgan fingerprint density at radius 1 is 0.950 bits per heavy atom. The maximum absolute atomic E-state index is 12.4. The van der Waals surface area contributed by atoms with Crippen molar-refractivity contribution in [1.82, 2.24) is 15.3 Å². The van der Waals surface area contributed by atoms with Crippen LogP contribution in [0.1, 0.15) is 43.5 Å². The third-order valence-electron chi connectivity index (χ3n) is 6.85. The van der Waals surface area contributed by atoms with Gasteiger partial charge >= 0.3 is 0 Å². The summed E-state index contributed by atoms with van der Waals surface area (Å²) in [6.07, 6.45) is 4.26. The Kier molecular flexibility index (Phi) is 8.15. The Morgan fingerprint density at radius 2 is 1.77 bits per heavy atom. The number of nitrogens with two attached hydrogens (primary N) is 1. The number of aromatic nitrogens is 2. The summed E-state index contributed by atoms with van der Waals surface area (Å²) in [5, 5.41) is 3.01. The van der Waals surface area contributed by atoms with E-state index in [1.807, 2.05) is 54.6 Å². The molecule has 2 aromatic heterocycles. The van der Waals surface area contributed by atoms with Crippen molar-refractivity contribution in [3.8, 4) is 39.8 Å². The second-order valence-electron chi connectivity index (χ2n) is 10.6. The molecule has 3 N–H and O–H groups in total. The number of hydrogen-bond donors (Lipinski definition) is 2. The van der Waals surface area contributed by atoms with E-state index in [4.69, 9.17) is 24.9 Å². The van der Waals surface area contributed by atoms with Crippen LogP contribution < -0.4 is 25.3 Å². The van der Waals surface area contributed by atoms with Crippen LogP contribution in [-0.2, 0) is 0 Å². The number of nitrogens with one attached hydrogen (secondary N) is 1. The van der Waals surface area contributed by atoms with Crippen LogP contribution in [0.25, 0.3) is 22.4 Å². The summed E-state index contributed by atoms with van der Waals surface area (Å²) in [6, 6.07) is 23.4. The molecule has 8 nitrogen and oxygen atoms in total. The maximum atomic E-state index is 12.4. The van der Waals surface area contributed by atoms with E-state index in [0.29, 0.717) is 30.4 Å². The lowest BCUT2D eigenvalue weighted by Gasteiger charge is -2.25. The fourth-order valence-corrected chi connectivity index (χ4v) is 4.51. The second kappa shape index (κ2) is 12.1. The van der Waals surface area contributed by atoms with Gasteiger partial charge in [-0.3, -0.25) is 4.79 Å². The van der Waals surface area contributed by atoms with Gasteiger partial charge < -0.3 is 25.3 Å². The first-order valence-corrected chi connectivity index (χ1v) is 13.5. The molecule has 2 aromatic carbocycles. The molecule has 0 bridgehead atoms. The number of pyridine rings is 2. The van der Waals surface area contributed by atoms with Crippen LogP contribution in [0.3, 0.4) is 0 Å². The summed E-state index contributed by atoms with van der Waals surface area (Å²) < 4.78 is 17.2. The molecule has 1 amide bonds. The quantitative estimate of drug-likeness (QED) is 0.221. The number of anilines is 1. The van der Waals surface area contributed by atoms with Crippen molar-refractivity contribution < 1.29 is 19.0 Å². The molecule has 0 saturated carbocycles. The van der Waals surface area contributed by atoms with Crippen LogP contribution in [0.2, 0.25) is 0 Å². The Bertz CT molecular complexity index is 1460. The molecule has 4 aromatic rings. The van der Waals surface area contributed by atoms with Gasteiger partial charge in [0.2, 0.25) is 12.7 Å². The minimum absolute atomic E-state index is 0.0606. The Hall–Kier alpha value is -4.59. The van der Waals surface area contributed by atoms with Gasteiger partial charge in [0, 0.05) is 24.4 Å². The highest BCUT2D eigenvalue weighted by atomic mass is 16.7. The predicted octanol–water partition coefficient (Wildman–Crippen LogP) is 6.13. The number of amides is 1. The molecule has 0 radical (unpaired) electrons. The molecular weight excluding hydrogens is 504 g/mol. The van der Waals surface area contributed by atoms with Crippen molar-refractivity contribution in [3.05, 3.63) is 84.6 Å². The third-order valence-corrected chi connectivity index (χ3v) is 6.85. The molecule has 0 aliphatic carbocycles. The second-order valence-corrected chi connectivity index (χ2v) is 10.6. The highest BCUT2D eigenvalue weighted by Gasteiger charge is 2.19. The van der Waals surface area contributed by atoms with Gasteiger partial charge in [-0.1, -0.05) is 50.2 Å². The van der Waals surface area contributed by atoms with Gasteiger partial charge in [0.25, 0.3) is 5.91 Å². The number of nitrogen functional groups attached to an aromatic ring is 1. The fourth-order valence-electron chi connectivity index (χ4n) is 4.51. The summed E-state index contributed by atoms with van der Waals surface area (Å²) in [5.74, 6) is 2.32. The summed E-state index contributed by atoms with van der Waals surface area (Å²) in [4.78, 5) is 21.2. The van der Waals surface area contributed by atoms with Crippen LogP contribution in [0.15, 0.2) is 79.0 Å². The number of nitrogens with zero attached hydrogens (tertiary/aromatic N) is 2. The van der Waals surface area contributed by atoms with Gasteiger partial charge in [0.1, 0.15) is 5.82 Å². The molecule has 0 fully saturated rings. The zero-order chi connectivity index (χ0) is 28.0. The average Bonchev–Trinajstić information content (AvgIpc) is 3.45. The number of ether oxygens (including phenoxy) is 3. The summed E-state index contributed by atoms with van der Waals surface area (Å²) in [5.41, 5.74) is 9.92. The third kappa shape index (κ3) is 6.88. The average molecular weight is 539 g/mol. The van der Waals surface area contributed by atoms with Crippen LogP contribution in [0, 0.1) is 5.41 Å². The van der Waals surface area contributed by atoms with Crippen molar-refractivity contribution >= 4 is 11.7 Å². The van der Waals surface area contributed by atoms with Crippen molar-refractivity contribution in [3.63, 3.8) is 0 Å². The van der Waals surface area contributed by atoms with E-state index >= 15 is 0 Å². The number of rotatable bonds is 11. The van der Waals surface area contributed by atoms with E-state index < -0.39 is 0 Å². The van der Waals surface area contributed by atoms with E-state index in [-0.39, 0.29) is 18.1 Å². The van der Waals surface area contributed by atoms with Crippen LogP contribution >= 0.6 is 0 Å². The molecule has 1 aliphatic rings. The molecule has 1 aliphatic heterocycles. The largest absolute Gasteiger partial charge is 0.478 e. The minimum atomic E-state index is -0.147. The van der Waals surface area contributed by atoms with Crippen molar-refractivity contribution in [2.45, 2.75) is 33.1 Å². The fraction of sp³-hybridized carbons (Fsp3) is 0.281. The van der Waals surface area contributed by atoms with E-state index in [0.717, 1.165) is 53.1 Å². The standard InChI is InChI=1S/C32H34N4O4/c1-32(2,20-35-31(37)24-11-13-29(33)34-19-24)14-6-7-15-38-30-18-25(16-26(36-30)22-8-4-3-5-9-22)23-10-12-27-28(17-23)40-21-39-27/h3-5,8-13,16-19H,6-7,14-15,20-21H2,1-2H3,(H2,33,34)(H,35,37). The van der Waals surface area contributed by atoms with Gasteiger partial charge in [-0.2, -0.15) is 0 Å². The van der Waals surface area contributed by atoms with E-state index in [1.54, 1.807) is 12.1 Å². The first kappa shape index (κ1) is 27.0. The SMILES string of the molecule is CC(C)(CCCCOc1cc(-c2ccc3c(c2)OCO3)cc(-c2ccccc2)n1)CNC(=O)c1ccc(N)nc1. The number of carbonyl (C=O) groups excluding carboxylic acids is 1. The van der Waals surface area contributed by atoms with Crippen LogP contribution in [-0.4, -0.2) is 35.8 Å². The lowest BCUT2D eigenvalue weighted by Crippen LogP contribution is -2.34. The maximum Gasteiger partial charge on any atom is 0.252 e. The number of hydrogen-bond acceptors (Lipinski definition) is 7. The van der Waals surface area contributed by atoms with Crippen molar-refractivity contribution in [2.24, 2.45) is 5.41 Å². The molecule has 0 spiro atoms. The van der Waals surface area contributed by atoms with Gasteiger partial charge in [-0.05, 0) is 66.1 Å². The lowest BCUT2D eigenvalue weighted by molar-refractivity contribution is 0.0933. The first-order valence-electron chi connectivity index (χ1n) is 13.5. The summed E-state index contributed by atoms with van der Waals surface area (Å²) >= 11 is 0. The molecule has 0 saturated heterocycles. The molecular formula is C32H34N4O4. The zero-order valence-corrected chi connectivity index (χ0v) is 22.9. The van der Waals surface area contributed by atoms with E-state index in [9.17, 15) is 4.79 Å². The molecule has 8 heteroatoms. The Morgan fingerprint density at radius 3 is 2.58 bits per heavy atom. The first-order chi connectivity index (χ1) is 19.4. The summed E-state index contributed by atoms with van der Waals surface area (Å²) in [6.45, 7) is 5.65. The monoisotopic (exact) mass is 538 g/mol.